The van der Waals surface area contributed by atoms with Crippen molar-refractivity contribution in [3.63, 3.8) is 0 Å². The number of benzene rings is 1. The van der Waals surface area contributed by atoms with E-state index < -0.39 is 23.9 Å². The molecule has 1 aromatic carbocycles. The largest absolute Gasteiger partial charge is 0.481 e. The molecule has 3 N–H and O–H groups in total. The van der Waals surface area contributed by atoms with E-state index in [1.807, 2.05) is 30.3 Å². The first-order valence-electron chi connectivity index (χ1n) is 5.71. The second-order valence-electron chi connectivity index (χ2n) is 4.14. The van der Waals surface area contributed by atoms with Crippen LogP contribution in [-0.4, -0.2) is 35.2 Å². The predicted octanol–water partition coefficient (Wildman–Crippen LogP) is 0.993. The quantitative estimate of drug-likeness (QED) is 0.672. The van der Waals surface area contributed by atoms with E-state index >= 15 is 0 Å². The van der Waals surface area contributed by atoms with E-state index in [9.17, 15) is 9.59 Å². The minimum atomic E-state index is -1.03. The molecule has 0 aliphatic rings. The first-order chi connectivity index (χ1) is 8.54. The van der Waals surface area contributed by atoms with Gasteiger partial charge in [0, 0.05) is 0 Å². The Morgan fingerprint density at radius 2 is 1.78 bits per heavy atom. The van der Waals surface area contributed by atoms with E-state index in [-0.39, 0.29) is 6.42 Å². The minimum absolute atomic E-state index is 0.0655. The van der Waals surface area contributed by atoms with Crippen molar-refractivity contribution < 1.29 is 19.8 Å². The van der Waals surface area contributed by atoms with E-state index in [0.29, 0.717) is 6.42 Å². The van der Waals surface area contributed by atoms with E-state index in [1.165, 1.54) is 7.05 Å². The Kier molecular flexibility index (Phi) is 5.32. The van der Waals surface area contributed by atoms with Crippen molar-refractivity contribution in [3.8, 4) is 0 Å². The normalized spacial score (nSPS) is 13.8. The lowest BCUT2D eigenvalue weighted by Crippen LogP contribution is -2.37. The number of likely N-dealkylation sites (N-methyl/N-ethyl adjacent to an activating group) is 1. The zero-order valence-corrected chi connectivity index (χ0v) is 10.2. The molecule has 0 amide bonds. The second kappa shape index (κ2) is 6.76. The molecule has 0 saturated heterocycles. The molecule has 2 atom stereocenters. The fourth-order valence-corrected chi connectivity index (χ4v) is 1.80. The standard InChI is InChI=1S/C13H17NO4/c1-14-11(13(17)18)8-10(12(15)16)7-9-5-3-2-4-6-9/h2-6,10-11,14H,7-8H2,1H3,(H,15,16)(H,17,18)/t10?,11-/m0/s1. The predicted molar refractivity (Wildman–Crippen MR) is 66.4 cm³/mol. The highest BCUT2D eigenvalue weighted by Crippen LogP contribution is 2.15. The SMILES string of the molecule is CN[C@@H](CC(Cc1ccccc1)C(=O)O)C(=O)O. The number of aliphatic carboxylic acids is 2. The Bertz CT molecular complexity index is 405. The molecule has 0 bridgehead atoms. The van der Waals surface area contributed by atoms with Gasteiger partial charge in [0.1, 0.15) is 6.04 Å². The van der Waals surface area contributed by atoms with Gasteiger partial charge < -0.3 is 15.5 Å². The van der Waals surface area contributed by atoms with Crippen LogP contribution in [-0.2, 0) is 16.0 Å². The van der Waals surface area contributed by atoms with Crippen LogP contribution < -0.4 is 5.32 Å². The van der Waals surface area contributed by atoms with Crippen molar-refractivity contribution in [1.29, 1.82) is 0 Å². The van der Waals surface area contributed by atoms with Crippen LogP contribution >= 0.6 is 0 Å². The van der Waals surface area contributed by atoms with Gasteiger partial charge in [-0.15, -0.1) is 0 Å². The highest BCUT2D eigenvalue weighted by molar-refractivity contribution is 5.76. The summed E-state index contributed by atoms with van der Waals surface area (Å²) < 4.78 is 0. The molecule has 0 aromatic heterocycles. The summed E-state index contributed by atoms with van der Waals surface area (Å²) in [5.41, 5.74) is 0.894. The van der Waals surface area contributed by atoms with Crippen molar-refractivity contribution in [2.75, 3.05) is 7.05 Å². The molecule has 0 aliphatic heterocycles. The fourth-order valence-electron chi connectivity index (χ4n) is 1.80. The van der Waals surface area contributed by atoms with Crippen molar-refractivity contribution in [1.82, 2.24) is 5.32 Å². The lowest BCUT2D eigenvalue weighted by molar-refractivity contribution is -0.144. The fraction of sp³-hybridized carbons (Fsp3) is 0.385. The summed E-state index contributed by atoms with van der Waals surface area (Å²) in [7, 11) is 1.51. The van der Waals surface area contributed by atoms with Gasteiger partial charge in [0.2, 0.25) is 0 Å². The molecule has 1 aromatic rings. The van der Waals surface area contributed by atoms with Crippen LogP contribution in [0.15, 0.2) is 30.3 Å². The molecule has 0 aliphatic carbocycles. The van der Waals surface area contributed by atoms with Crippen molar-refractivity contribution in [2.45, 2.75) is 18.9 Å². The molecular weight excluding hydrogens is 234 g/mol. The average Bonchev–Trinajstić information content (AvgIpc) is 2.34. The average molecular weight is 251 g/mol. The molecule has 0 heterocycles. The van der Waals surface area contributed by atoms with Crippen LogP contribution in [0.3, 0.4) is 0 Å². The molecule has 0 saturated carbocycles. The summed E-state index contributed by atoms with van der Waals surface area (Å²) in [6.45, 7) is 0. The van der Waals surface area contributed by atoms with Crippen molar-refractivity contribution in [2.24, 2.45) is 5.92 Å². The summed E-state index contributed by atoms with van der Waals surface area (Å²) in [5, 5.41) is 20.7. The number of carbonyl (C=O) groups is 2. The maximum Gasteiger partial charge on any atom is 0.320 e. The molecular formula is C13H17NO4. The molecule has 0 radical (unpaired) electrons. The smallest absolute Gasteiger partial charge is 0.320 e. The molecule has 1 rings (SSSR count). The van der Waals surface area contributed by atoms with Gasteiger partial charge in [0.25, 0.3) is 0 Å². The van der Waals surface area contributed by atoms with Gasteiger partial charge >= 0.3 is 11.9 Å². The van der Waals surface area contributed by atoms with Gasteiger partial charge in [-0.25, -0.2) is 0 Å². The molecule has 0 fully saturated rings. The topological polar surface area (TPSA) is 86.6 Å². The summed E-state index contributed by atoms with van der Waals surface area (Å²) in [6, 6.07) is 8.36. The maximum atomic E-state index is 11.2. The van der Waals surface area contributed by atoms with E-state index in [1.54, 1.807) is 0 Å². The second-order valence-corrected chi connectivity index (χ2v) is 4.14. The van der Waals surface area contributed by atoms with Gasteiger partial charge in [0.15, 0.2) is 0 Å². The van der Waals surface area contributed by atoms with Crippen LogP contribution in [0.2, 0.25) is 0 Å². The summed E-state index contributed by atoms with van der Waals surface area (Å²) in [6.07, 6.45) is 0.400. The van der Waals surface area contributed by atoms with Crippen LogP contribution in [0.1, 0.15) is 12.0 Å². The van der Waals surface area contributed by atoms with Gasteiger partial charge in [-0.1, -0.05) is 30.3 Å². The Hall–Kier alpha value is -1.88. The zero-order valence-electron chi connectivity index (χ0n) is 10.2. The lowest BCUT2D eigenvalue weighted by atomic mass is 9.93. The third-order valence-corrected chi connectivity index (χ3v) is 2.84. The number of hydrogen-bond donors (Lipinski definition) is 3. The lowest BCUT2D eigenvalue weighted by Gasteiger charge is -2.17. The number of rotatable bonds is 7. The van der Waals surface area contributed by atoms with Crippen LogP contribution in [0.4, 0.5) is 0 Å². The van der Waals surface area contributed by atoms with E-state index in [2.05, 4.69) is 5.32 Å². The zero-order chi connectivity index (χ0) is 13.5. The first-order valence-corrected chi connectivity index (χ1v) is 5.71. The maximum absolute atomic E-state index is 11.2. The number of hydrogen-bond acceptors (Lipinski definition) is 3. The third kappa shape index (κ3) is 4.18. The van der Waals surface area contributed by atoms with Crippen LogP contribution in [0.25, 0.3) is 0 Å². The Morgan fingerprint density at radius 1 is 1.17 bits per heavy atom. The molecule has 1 unspecified atom stereocenters. The number of carboxylic acids is 2. The molecule has 5 nitrogen and oxygen atoms in total. The first kappa shape index (κ1) is 14.2. The summed E-state index contributed by atoms with van der Waals surface area (Å²) in [4.78, 5) is 22.0. The summed E-state index contributed by atoms with van der Waals surface area (Å²) >= 11 is 0. The highest BCUT2D eigenvalue weighted by Gasteiger charge is 2.25. The Labute approximate surface area is 105 Å². The Morgan fingerprint density at radius 3 is 2.22 bits per heavy atom. The highest BCUT2D eigenvalue weighted by atomic mass is 16.4. The van der Waals surface area contributed by atoms with Crippen molar-refractivity contribution >= 4 is 11.9 Å². The van der Waals surface area contributed by atoms with Gasteiger partial charge in [-0.2, -0.15) is 0 Å². The monoisotopic (exact) mass is 251 g/mol. The molecule has 0 spiro atoms. The van der Waals surface area contributed by atoms with Gasteiger partial charge in [-0.3, -0.25) is 9.59 Å². The number of nitrogens with one attached hydrogen (secondary N) is 1. The van der Waals surface area contributed by atoms with Gasteiger partial charge in [-0.05, 0) is 25.5 Å². The third-order valence-electron chi connectivity index (χ3n) is 2.84. The molecule has 98 valence electrons. The van der Waals surface area contributed by atoms with Crippen molar-refractivity contribution in [3.05, 3.63) is 35.9 Å². The Balaban J connectivity index is 2.72. The number of carboxylic acid groups (broad SMARTS) is 2. The molecule has 5 heteroatoms. The summed E-state index contributed by atoms with van der Waals surface area (Å²) in [5.74, 6) is -2.71. The molecule has 18 heavy (non-hydrogen) atoms. The van der Waals surface area contributed by atoms with E-state index in [4.69, 9.17) is 10.2 Å². The van der Waals surface area contributed by atoms with Gasteiger partial charge in [0.05, 0.1) is 5.92 Å². The van der Waals surface area contributed by atoms with E-state index in [0.717, 1.165) is 5.56 Å². The minimum Gasteiger partial charge on any atom is -0.481 e. The van der Waals surface area contributed by atoms with Crippen LogP contribution in [0, 0.1) is 5.92 Å². The van der Waals surface area contributed by atoms with Crippen LogP contribution in [0.5, 0.6) is 0 Å².